The summed E-state index contributed by atoms with van der Waals surface area (Å²) < 4.78 is 15.2. The maximum Gasteiger partial charge on any atom is 0.420 e. The van der Waals surface area contributed by atoms with Crippen molar-refractivity contribution in [1.82, 2.24) is 23.8 Å². The van der Waals surface area contributed by atoms with Crippen LogP contribution in [0.5, 0.6) is 5.75 Å². The minimum absolute atomic E-state index is 0.408. The standard InChI is InChI=1S/C28H26N6O3/c1-32-9-3-4-19(15-32)16-36-24-11-22(20-7-5-18(12-29)6-8-20)26(34-17-30-14-23(24)34)21-10-25-27(31-13-21)33(2)28(35)37-25/h5-8,10-11,13-14,17,19H,3-4,9,15-16H2,1-2H3/t19-/m1/s1. The first kappa shape index (κ1) is 23.0. The van der Waals surface area contributed by atoms with Crippen molar-refractivity contribution < 1.29 is 9.15 Å². The van der Waals surface area contributed by atoms with E-state index in [2.05, 4.69) is 28.0 Å². The lowest BCUT2D eigenvalue weighted by Gasteiger charge is -2.29. The average molecular weight is 495 g/mol. The first-order valence-electron chi connectivity index (χ1n) is 12.3. The van der Waals surface area contributed by atoms with Crippen molar-refractivity contribution in [3.05, 3.63) is 71.2 Å². The van der Waals surface area contributed by atoms with E-state index in [1.165, 1.54) is 11.0 Å². The largest absolute Gasteiger partial charge is 0.491 e. The number of piperidine rings is 1. The summed E-state index contributed by atoms with van der Waals surface area (Å²) in [6, 6.07) is 13.5. The molecular formula is C28H26N6O3. The molecule has 1 aliphatic heterocycles. The van der Waals surface area contributed by atoms with Crippen molar-refractivity contribution in [2.75, 3.05) is 26.7 Å². The van der Waals surface area contributed by atoms with Gasteiger partial charge in [0.05, 0.1) is 36.5 Å². The topological polar surface area (TPSA) is 102 Å². The van der Waals surface area contributed by atoms with Crippen molar-refractivity contribution in [3.63, 3.8) is 0 Å². The zero-order valence-electron chi connectivity index (χ0n) is 20.7. The normalized spacial score (nSPS) is 16.3. The fourth-order valence-corrected chi connectivity index (χ4v) is 5.17. The second kappa shape index (κ2) is 9.22. The number of likely N-dealkylation sites (tertiary alicyclic amines) is 1. The zero-order chi connectivity index (χ0) is 25.5. The summed E-state index contributed by atoms with van der Waals surface area (Å²) in [4.78, 5) is 23.4. The zero-order valence-corrected chi connectivity index (χ0v) is 20.7. The van der Waals surface area contributed by atoms with Crippen LogP contribution in [0.4, 0.5) is 0 Å². The number of hydrogen-bond acceptors (Lipinski definition) is 7. The van der Waals surface area contributed by atoms with Crippen LogP contribution in [-0.4, -0.2) is 50.6 Å². The summed E-state index contributed by atoms with van der Waals surface area (Å²) >= 11 is 0. The van der Waals surface area contributed by atoms with Gasteiger partial charge in [-0.05, 0) is 56.3 Å². The Morgan fingerprint density at radius 3 is 2.78 bits per heavy atom. The molecule has 9 heteroatoms. The fourth-order valence-electron chi connectivity index (χ4n) is 5.17. The van der Waals surface area contributed by atoms with Crippen LogP contribution in [0.25, 0.3) is 39.1 Å². The maximum atomic E-state index is 12.1. The molecule has 5 aromatic rings. The molecular weight excluding hydrogens is 468 g/mol. The quantitative estimate of drug-likeness (QED) is 0.362. The van der Waals surface area contributed by atoms with E-state index in [0.29, 0.717) is 29.3 Å². The number of pyridine rings is 2. The number of imidazole rings is 1. The van der Waals surface area contributed by atoms with Crippen LogP contribution in [-0.2, 0) is 7.05 Å². The van der Waals surface area contributed by atoms with Gasteiger partial charge < -0.3 is 14.1 Å². The molecule has 0 saturated carbocycles. The Bertz CT molecular complexity index is 1710. The Kier molecular flexibility index (Phi) is 5.74. The van der Waals surface area contributed by atoms with E-state index in [-0.39, 0.29) is 0 Å². The van der Waals surface area contributed by atoms with Gasteiger partial charge >= 0.3 is 5.76 Å². The average Bonchev–Trinajstić information content (AvgIpc) is 3.51. The summed E-state index contributed by atoms with van der Waals surface area (Å²) in [6.45, 7) is 2.77. The highest BCUT2D eigenvalue weighted by molar-refractivity contribution is 5.88. The number of benzene rings is 1. The van der Waals surface area contributed by atoms with Crippen molar-refractivity contribution in [1.29, 1.82) is 5.26 Å². The third kappa shape index (κ3) is 4.15. The monoisotopic (exact) mass is 494 g/mol. The van der Waals surface area contributed by atoms with E-state index in [4.69, 9.17) is 9.15 Å². The minimum Gasteiger partial charge on any atom is -0.491 e. The van der Waals surface area contributed by atoms with Crippen LogP contribution in [0.1, 0.15) is 18.4 Å². The summed E-state index contributed by atoms with van der Waals surface area (Å²) in [5.74, 6) is 0.748. The van der Waals surface area contributed by atoms with E-state index in [9.17, 15) is 10.1 Å². The van der Waals surface area contributed by atoms with Gasteiger partial charge in [0.1, 0.15) is 11.3 Å². The molecule has 1 atom stereocenters. The number of rotatable bonds is 5. The molecule has 0 amide bonds. The van der Waals surface area contributed by atoms with E-state index in [1.807, 2.05) is 28.7 Å². The van der Waals surface area contributed by atoms with Crippen molar-refractivity contribution in [2.24, 2.45) is 13.0 Å². The van der Waals surface area contributed by atoms with Gasteiger partial charge in [0.2, 0.25) is 0 Å². The number of aromatic nitrogens is 4. The van der Waals surface area contributed by atoms with Crippen LogP contribution >= 0.6 is 0 Å². The molecule has 0 spiro atoms. The van der Waals surface area contributed by atoms with Gasteiger partial charge in [0.25, 0.3) is 0 Å². The lowest BCUT2D eigenvalue weighted by molar-refractivity contribution is 0.151. The first-order chi connectivity index (χ1) is 18.0. The Hall–Kier alpha value is -4.42. The SMILES string of the molecule is CN1CCC[C@@H](COc2cc(-c3ccc(C#N)cc3)c(-c3cnc4c(c3)oc(=O)n4C)n3cncc23)C1. The van der Waals surface area contributed by atoms with E-state index in [0.717, 1.165) is 53.2 Å². The van der Waals surface area contributed by atoms with E-state index in [1.54, 1.807) is 37.9 Å². The van der Waals surface area contributed by atoms with Crippen LogP contribution in [0.3, 0.4) is 0 Å². The molecule has 6 rings (SSSR count). The molecule has 186 valence electrons. The van der Waals surface area contributed by atoms with Crippen LogP contribution < -0.4 is 10.5 Å². The second-order valence-corrected chi connectivity index (χ2v) is 9.66. The molecule has 0 N–H and O–H groups in total. The summed E-state index contributed by atoms with van der Waals surface area (Å²) in [7, 11) is 3.78. The number of nitriles is 1. The highest BCUT2D eigenvalue weighted by Crippen LogP contribution is 2.38. The second-order valence-electron chi connectivity index (χ2n) is 9.66. The number of oxazole rings is 1. The summed E-state index contributed by atoms with van der Waals surface area (Å²) in [5.41, 5.74) is 5.73. The predicted molar refractivity (Wildman–Crippen MR) is 139 cm³/mol. The Balaban J connectivity index is 1.51. The van der Waals surface area contributed by atoms with Gasteiger partial charge in [-0.1, -0.05) is 12.1 Å². The third-order valence-electron chi connectivity index (χ3n) is 7.08. The molecule has 5 heterocycles. The van der Waals surface area contributed by atoms with Gasteiger partial charge in [-0.25, -0.2) is 14.8 Å². The number of ether oxygens (including phenoxy) is 1. The number of aryl methyl sites for hydroxylation is 1. The molecule has 1 aliphatic rings. The number of nitrogens with zero attached hydrogens (tertiary/aromatic N) is 6. The van der Waals surface area contributed by atoms with Crippen molar-refractivity contribution in [2.45, 2.75) is 12.8 Å². The summed E-state index contributed by atoms with van der Waals surface area (Å²) in [5, 5.41) is 9.29. The fraction of sp³-hybridized carbons (Fsp3) is 0.286. The van der Waals surface area contributed by atoms with E-state index < -0.39 is 5.76 Å². The highest BCUT2D eigenvalue weighted by Gasteiger charge is 2.21. The molecule has 1 saturated heterocycles. The number of fused-ring (bicyclic) bond motifs is 2. The smallest absolute Gasteiger partial charge is 0.420 e. The third-order valence-corrected chi connectivity index (χ3v) is 7.08. The van der Waals surface area contributed by atoms with Crippen LogP contribution in [0.15, 0.2) is 64.3 Å². The van der Waals surface area contributed by atoms with Crippen LogP contribution in [0.2, 0.25) is 0 Å². The molecule has 1 fully saturated rings. The van der Waals surface area contributed by atoms with Gasteiger partial charge in [0, 0.05) is 36.8 Å². The van der Waals surface area contributed by atoms with Gasteiger partial charge in [-0.2, -0.15) is 5.26 Å². The van der Waals surface area contributed by atoms with Crippen molar-refractivity contribution >= 4 is 16.7 Å². The first-order valence-corrected chi connectivity index (χ1v) is 12.3. The maximum absolute atomic E-state index is 12.1. The molecule has 9 nitrogen and oxygen atoms in total. The Labute approximate surface area is 213 Å². The molecule has 0 unspecified atom stereocenters. The van der Waals surface area contributed by atoms with Gasteiger partial charge in [0.15, 0.2) is 11.2 Å². The lowest BCUT2D eigenvalue weighted by Crippen LogP contribution is -2.34. The molecule has 0 bridgehead atoms. The predicted octanol–water partition coefficient (Wildman–Crippen LogP) is 4.10. The minimum atomic E-state index is -0.461. The summed E-state index contributed by atoms with van der Waals surface area (Å²) in [6.07, 6.45) is 7.60. The molecule has 37 heavy (non-hydrogen) atoms. The van der Waals surface area contributed by atoms with E-state index >= 15 is 0 Å². The van der Waals surface area contributed by atoms with Gasteiger partial charge in [-0.15, -0.1) is 0 Å². The molecule has 0 radical (unpaired) electrons. The van der Waals surface area contributed by atoms with Crippen LogP contribution in [0, 0.1) is 17.2 Å². The number of hydrogen-bond donors (Lipinski definition) is 0. The molecule has 1 aromatic carbocycles. The Morgan fingerprint density at radius 1 is 1.16 bits per heavy atom. The Morgan fingerprint density at radius 2 is 2.00 bits per heavy atom. The van der Waals surface area contributed by atoms with Crippen molar-refractivity contribution in [3.8, 4) is 34.2 Å². The highest BCUT2D eigenvalue weighted by atomic mass is 16.5. The molecule has 4 aromatic heterocycles. The van der Waals surface area contributed by atoms with Gasteiger partial charge in [-0.3, -0.25) is 8.97 Å². The lowest BCUT2D eigenvalue weighted by atomic mass is 9.98. The molecule has 0 aliphatic carbocycles.